The lowest BCUT2D eigenvalue weighted by Gasteiger charge is -2.34. The van der Waals surface area contributed by atoms with Crippen molar-refractivity contribution in [1.29, 1.82) is 0 Å². The van der Waals surface area contributed by atoms with E-state index < -0.39 is 5.97 Å². The molecule has 0 amide bonds. The van der Waals surface area contributed by atoms with Crippen LogP contribution in [0.5, 0.6) is 0 Å². The van der Waals surface area contributed by atoms with Crippen molar-refractivity contribution in [2.45, 2.75) is 25.5 Å². The first-order chi connectivity index (χ1) is 8.47. The fraction of sp³-hybridized carbons (Fsp3) is 0.667. The summed E-state index contributed by atoms with van der Waals surface area (Å²) in [5.74, 6) is -0.419. The maximum Gasteiger partial charge on any atom is 0.339 e. The van der Waals surface area contributed by atoms with Gasteiger partial charge < -0.3 is 15.1 Å². The van der Waals surface area contributed by atoms with E-state index in [1.165, 1.54) is 6.20 Å². The third-order valence-electron chi connectivity index (χ3n) is 3.49. The molecule has 6 heteroatoms. The molecule has 2 N–H and O–H groups in total. The number of aromatic nitrogens is 2. The summed E-state index contributed by atoms with van der Waals surface area (Å²) >= 11 is 0. The van der Waals surface area contributed by atoms with Gasteiger partial charge in [0.1, 0.15) is 5.56 Å². The molecule has 1 saturated carbocycles. The Hall–Kier alpha value is -1.40. The molecule has 0 radical (unpaired) electrons. The number of nitrogens with zero attached hydrogens (tertiary/aromatic N) is 3. The van der Waals surface area contributed by atoms with Crippen molar-refractivity contribution < 1.29 is 15.0 Å². The Kier molecular flexibility index (Phi) is 3.68. The predicted molar refractivity (Wildman–Crippen MR) is 65.2 cm³/mol. The van der Waals surface area contributed by atoms with E-state index in [-0.39, 0.29) is 11.7 Å². The van der Waals surface area contributed by atoms with Gasteiger partial charge in [0.15, 0.2) is 0 Å². The van der Waals surface area contributed by atoms with Gasteiger partial charge in [0.05, 0.1) is 18.0 Å². The molecule has 1 aromatic heterocycles. The molecule has 1 aromatic rings. The number of carbonyl (C=O) groups is 1. The van der Waals surface area contributed by atoms with Crippen molar-refractivity contribution in [3.05, 3.63) is 17.5 Å². The minimum Gasteiger partial charge on any atom is -0.478 e. The van der Waals surface area contributed by atoms with Crippen LogP contribution in [-0.2, 0) is 13.6 Å². The highest BCUT2D eigenvalue weighted by Gasteiger charge is 2.28. The van der Waals surface area contributed by atoms with E-state index >= 15 is 0 Å². The van der Waals surface area contributed by atoms with Crippen LogP contribution in [0.4, 0.5) is 0 Å². The summed E-state index contributed by atoms with van der Waals surface area (Å²) in [5.41, 5.74) is 0.975. The molecule has 1 aliphatic carbocycles. The Labute approximate surface area is 106 Å². The van der Waals surface area contributed by atoms with Crippen molar-refractivity contribution in [1.82, 2.24) is 14.7 Å². The molecule has 0 bridgehead atoms. The summed E-state index contributed by atoms with van der Waals surface area (Å²) in [6.45, 7) is 1.44. The third kappa shape index (κ3) is 2.70. The van der Waals surface area contributed by atoms with Crippen molar-refractivity contribution in [2.75, 3.05) is 13.6 Å². The van der Waals surface area contributed by atoms with Gasteiger partial charge in [-0.2, -0.15) is 5.10 Å². The van der Waals surface area contributed by atoms with Gasteiger partial charge in [0, 0.05) is 20.1 Å². The smallest absolute Gasteiger partial charge is 0.339 e. The lowest BCUT2D eigenvalue weighted by Crippen LogP contribution is -2.37. The fourth-order valence-corrected chi connectivity index (χ4v) is 2.44. The summed E-state index contributed by atoms with van der Waals surface area (Å²) < 4.78 is 1.61. The summed E-state index contributed by atoms with van der Waals surface area (Å²) in [5, 5.41) is 22.3. The molecule has 1 aliphatic rings. The molecule has 2 rings (SSSR count). The number of rotatable bonds is 5. The second-order valence-corrected chi connectivity index (χ2v) is 5.12. The largest absolute Gasteiger partial charge is 0.478 e. The van der Waals surface area contributed by atoms with Crippen molar-refractivity contribution in [2.24, 2.45) is 13.0 Å². The van der Waals surface area contributed by atoms with Gasteiger partial charge in [-0.3, -0.25) is 4.68 Å². The van der Waals surface area contributed by atoms with Gasteiger partial charge in [0.2, 0.25) is 0 Å². The normalized spacial score (nSPS) is 23.1. The number of aryl methyl sites for hydroxylation is 1. The van der Waals surface area contributed by atoms with Crippen LogP contribution in [0.2, 0.25) is 0 Å². The molecule has 0 spiro atoms. The molecule has 0 aliphatic heterocycles. The van der Waals surface area contributed by atoms with Gasteiger partial charge in [-0.15, -0.1) is 0 Å². The summed E-state index contributed by atoms with van der Waals surface area (Å²) in [7, 11) is 3.71. The standard InChI is InChI=1S/C12H19N3O3/c1-14(6-8-3-9(16)4-8)7-11-10(12(17)18)5-13-15(11)2/h5,8-9,16H,3-4,6-7H2,1-2H3,(H,17,18). The quantitative estimate of drug-likeness (QED) is 0.790. The molecule has 0 saturated heterocycles. The number of hydrogen-bond acceptors (Lipinski definition) is 4. The molecule has 100 valence electrons. The molecule has 0 aromatic carbocycles. The first-order valence-electron chi connectivity index (χ1n) is 6.08. The molecule has 18 heavy (non-hydrogen) atoms. The van der Waals surface area contributed by atoms with Gasteiger partial charge in [-0.1, -0.05) is 0 Å². The number of aliphatic hydroxyl groups is 1. The van der Waals surface area contributed by atoms with E-state index in [4.69, 9.17) is 5.11 Å². The van der Waals surface area contributed by atoms with Crippen molar-refractivity contribution in [3.8, 4) is 0 Å². The lowest BCUT2D eigenvalue weighted by molar-refractivity contribution is 0.0270. The van der Waals surface area contributed by atoms with Crippen LogP contribution in [0.15, 0.2) is 6.20 Å². The maximum atomic E-state index is 11.0. The van der Waals surface area contributed by atoms with E-state index in [1.54, 1.807) is 11.7 Å². The van der Waals surface area contributed by atoms with Crippen molar-refractivity contribution >= 4 is 5.97 Å². The number of carboxylic acid groups (broad SMARTS) is 1. The van der Waals surface area contributed by atoms with Crippen LogP contribution in [0.25, 0.3) is 0 Å². The maximum absolute atomic E-state index is 11.0. The molecular weight excluding hydrogens is 234 g/mol. The third-order valence-corrected chi connectivity index (χ3v) is 3.49. The molecule has 1 heterocycles. The second kappa shape index (κ2) is 5.07. The van der Waals surface area contributed by atoms with Gasteiger partial charge in [-0.05, 0) is 25.8 Å². The zero-order chi connectivity index (χ0) is 13.3. The number of carboxylic acids is 1. The lowest BCUT2D eigenvalue weighted by atomic mass is 9.82. The molecule has 6 nitrogen and oxygen atoms in total. The monoisotopic (exact) mass is 253 g/mol. The number of aliphatic hydroxyl groups excluding tert-OH is 1. The number of hydrogen-bond donors (Lipinski definition) is 2. The van der Waals surface area contributed by atoms with E-state index in [0.717, 1.165) is 19.4 Å². The van der Waals surface area contributed by atoms with Crippen LogP contribution < -0.4 is 0 Å². The molecular formula is C12H19N3O3. The van der Waals surface area contributed by atoms with Crippen LogP contribution >= 0.6 is 0 Å². The summed E-state index contributed by atoms with van der Waals surface area (Å²) in [6, 6.07) is 0. The predicted octanol–water partition coefficient (Wildman–Crippen LogP) is 0.321. The first-order valence-corrected chi connectivity index (χ1v) is 6.08. The van der Waals surface area contributed by atoms with Crippen LogP contribution in [-0.4, -0.2) is 50.6 Å². The molecule has 1 fully saturated rings. The van der Waals surface area contributed by atoms with E-state index in [0.29, 0.717) is 18.2 Å². The Bertz CT molecular complexity index is 438. The minimum atomic E-state index is -0.939. The summed E-state index contributed by atoms with van der Waals surface area (Å²) in [4.78, 5) is 13.1. The number of aromatic carboxylic acids is 1. The zero-order valence-electron chi connectivity index (χ0n) is 10.7. The Balaban J connectivity index is 1.96. The SMILES string of the molecule is CN(Cc1c(C(=O)O)cnn1C)CC1CC(O)C1. The topological polar surface area (TPSA) is 78.6 Å². The van der Waals surface area contributed by atoms with E-state index in [9.17, 15) is 9.90 Å². The first kappa shape index (κ1) is 13.0. The highest BCUT2D eigenvalue weighted by atomic mass is 16.4. The summed E-state index contributed by atoms with van der Waals surface area (Å²) in [6.07, 6.45) is 2.94. The van der Waals surface area contributed by atoms with Crippen LogP contribution in [0.3, 0.4) is 0 Å². The van der Waals surface area contributed by atoms with E-state index in [1.807, 2.05) is 7.05 Å². The highest BCUT2D eigenvalue weighted by molar-refractivity contribution is 5.88. The minimum absolute atomic E-state index is 0.144. The molecule has 0 atom stereocenters. The van der Waals surface area contributed by atoms with Crippen molar-refractivity contribution in [3.63, 3.8) is 0 Å². The zero-order valence-corrected chi connectivity index (χ0v) is 10.7. The molecule has 0 unspecified atom stereocenters. The van der Waals surface area contributed by atoms with Gasteiger partial charge >= 0.3 is 5.97 Å². The average molecular weight is 253 g/mol. The average Bonchev–Trinajstić information content (AvgIpc) is 2.58. The van der Waals surface area contributed by atoms with Gasteiger partial charge in [0.25, 0.3) is 0 Å². The Morgan fingerprint density at radius 1 is 1.61 bits per heavy atom. The Morgan fingerprint density at radius 2 is 2.28 bits per heavy atom. The van der Waals surface area contributed by atoms with E-state index in [2.05, 4.69) is 10.00 Å². The van der Waals surface area contributed by atoms with Crippen LogP contribution in [0, 0.1) is 5.92 Å². The Morgan fingerprint density at radius 3 is 2.83 bits per heavy atom. The fourth-order valence-electron chi connectivity index (χ4n) is 2.44. The van der Waals surface area contributed by atoms with Gasteiger partial charge in [-0.25, -0.2) is 4.79 Å². The second-order valence-electron chi connectivity index (χ2n) is 5.12. The van der Waals surface area contributed by atoms with Crippen LogP contribution in [0.1, 0.15) is 28.9 Å². The highest BCUT2D eigenvalue weighted by Crippen LogP contribution is 2.28.